The third-order valence-corrected chi connectivity index (χ3v) is 4.11. The number of benzene rings is 1. The Morgan fingerprint density at radius 1 is 1.50 bits per heavy atom. The Morgan fingerprint density at radius 2 is 2.33 bits per heavy atom. The fraction of sp³-hybridized carbons (Fsp3) is 0.364. The molecule has 7 heteroatoms. The molecule has 18 heavy (non-hydrogen) atoms. The predicted octanol–water partition coefficient (Wildman–Crippen LogP) is 3.31. The first-order valence-corrected chi connectivity index (χ1v) is 9.59. The van der Waals surface area contributed by atoms with Crippen LogP contribution in [0.15, 0.2) is 22.7 Å². The highest BCUT2D eigenvalue weighted by Crippen LogP contribution is 2.22. The third-order valence-electron chi connectivity index (χ3n) is 2.60. The molecular weight excluding hydrogens is 429 g/mol. The van der Waals surface area contributed by atoms with Gasteiger partial charge in [0.1, 0.15) is 5.82 Å². The SMILES string of the molecule is NCCc1nc2ccc(Br)cc2n1CCOSI. The van der Waals surface area contributed by atoms with Crippen LogP contribution in [0.4, 0.5) is 0 Å². The smallest absolute Gasteiger partial charge is 0.111 e. The van der Waals surface area contributed by atoms with Gasteiger partial charge in [-0.2, -0.15) is 0 Å². The molecule has 1 heterocycles. The van der Waals surface area contributed by atoms with Gasteiger partial charge in [-0.1, -0.05) is 15.9 Å². The van der Waals surface area contributed by atoms with E-state index in [0.29, 0.717) is 13.2 Å². The highest BCUT2D eigenvalue weighted by molar-refractivity contribution is 14.2. The Hall–Kier alpha value is 0.170. The van der Waals surface area contributed by atoms with E-state index in [4.69, 9.17) is 9.92 Å². The topological polar surface area (TPSA) is 53.1 Å². The molecule has 0 saturated heterocycles. The van der Waals surface area contributed by atoms with Gasteiger partial charge in [0.05, 0.1) is 26.9 Å². The Bertz CT molecular complexity index is 534. The van der Waals surface area contributed by atoms with Crippen molar-refractivity contribution in [2.75, 3.05) is 13.2 Å². The van der Waals surface area contributed by atoms with Gasteiger partial charge in [0, 0.05) is 38.6 Å². The summed E-state index contributed by atoms with van der Waals surface area (Å²) in [4.78, 5) is 4.62. The Balaban J connectivity index is 2.36. The molecule has 0 unspecified atom stereocenters. The number of imidazole rings is 1. The summed E-state index contributed by atoms with van der Waals surface area (Å²) in [5, 5.41) is 0. The van der Waals surface area contributed by atoms with Gasteiger partial charge in [-0.05, 0) is 24.7 Å². The second kappa shape index (κ2) is 7.09. The van der Waals surface area contributed by atoms with Crippen molar-refractivity contribution in [2.24, 2.45) is 5.73 Å². The average Bonchev–Trinajstić information content (AvgIpc) is 2.68. The van der Waals surface area contributed by atoms with Gasteiger partial charge < -0.3 is 14.5 Å². The average molecular weight is 442 g/mol. The van der Waals surface area contributed by atoms with Crippen LogP contribution in [-0.4, -0.2) is 22.7 Å². The Labute approximate surface area is 131 Å². The van der Waals surface area contributed by atoms with E-state index in [1.165, 1.54) is 9.21 Å². The van der Waals surface area contributed by atoms with E-state index in [1.807, 2.05) is 12.1 Å². The van der Waals surface area contributed by atoms with E-state index in [2.05, 4.69) is 52.8 Å². The predicted molar refractivity (Wildman–Crippen MR) is 87.8 cm³/mol. The molecule has 4 nitrogen and oxygen atoms in total. The fourth-order valence-corrected chi connectivity index (χ4v) is 2.90. The minimum absolute atomic E-state index is 0.604. The van der Waals surface area contributed by atoms with Crippen molar-refractivity contribution in [1.82, 2.24) is 9.55 Å². The van der Waals surface area contributed by atoms with E-state index >= 15 is 0 Å². The maximum Gasteiger partial charge on any atom is 0.111 e. The Morgan fingerprint density at radius 3 is 3.06 bits per heavy atom. The van der Waals surface area contributed by atoms with E-state index in [1.54, 1.807) is 0 Å². The highest BCUT2D eigenvalue weighted by atomic mass is 127. The van der Waals surface area contributed by atoms with Crippen molar-refractivity contribution in [1.29, 1.82) is 0 Å². The summed E-state index contributed by atoms with van der Waals surface area (Å²) in [6, 6.07) is 6.10. The standard InChI is InChI=1S/C11H13BrIN3OS/c12-8-1-2-9-10(7-8)16(5-6-17-18-13)11(15-9)3-4-14/h1-2,7H,3-6,14H2. The normalized spacial score (nSPS) is 11.3. The lowest BCUT2D eigenvalue weighted by atomic mass is 10.3. The first-order valence-electron chi connectivity index (χ1n) is 5.51. The van der Waals surface area contributed by atoms with Crippen molar-refractivity contribution < 1.29 is 4.18 Å². The van der Waals surface area contributed by atoms with Crippen LogP contribution < -0.4 is 5.73 Å². The monoisotopic (exact) mass is 441 g/mol. The molecule has 0 amide bonds. The van der Waals surface area contributed by atoms with Crippen LogP contribution in [-0.2, 0) is 17.1 Å². The summed E-state index contributed by atoms with van der Waals surface area (Å²) < 4.78 is 8.57. The van der Waals surface area contributed by atoms with Crippen LogP contribution in [0.5, 0.6) is 0 Å². The molecule has 2 rings (SSSR count). The molecule has 98 valence electrons. The summed E-state index contributed by atoms with van der Waals surface area (Å²) in [6.45, 7) is 2.05. The molecule has 0 aliphatic rings. The van der Waals surface area contributed by atoms with Crippen LogP contribution in [0.2, 0.25) is 0 Å². The molecule has 1 aromatic heterocycles. The zero-order valence-corrected chi connectivity index (χ0v) is 14.2. The maximum absolute atomic E-state index is 5.64. The van der Waals surface area contributed by atoms with Crippen molar-refractivity contribution >= 4 is 57.4 Å². The molecule has 0 aliphatic carbocycles. The zero-order chi connectivity index (χ0) is 13.0. The van der Waals surface area contributed by atoms with Crippen LogP contribution in [0, 0.1) is 0 Å². The lowest BCUT2D eigenvalue weighted by molar-refractivity contribution is 0.353. The van der Waals surface area contributed by atoms with Gasteiger partial charge in [0.15, 0.2) is 0 Å². The van der Waals surface area contributed by atoms with E-state index in [0.717, 1.165) is 34.3 Å². The number of hydrogen-bond acceptors (Lipinski definition) is 4. The summed E-state index contributed by atoms with van der Waals surface area (Å²) in [5.74, 6) is 1.02. The van der Waals surface area contributed by atoms with E-state index in [-0.39, 0.29) is 0 Å². The van der Waals surface area contributed by atoms with E-state index < -0.39 is 0 Å². The lowest BCUT2D eigenvalue weighted by Crippen LogP contribution is -2.12. The van der Waals surface area contributed by atoms with Crippen molar-refractivity contribution in [3.63, 3.8) is 0 Å². The molecular formula is C11H13BrIN3OS. The maximum atomic E-state index is 5.64. The first-order chi connectivity index (χ1) is 8.76. The van der Waals surface area contributed by atoms with Gasteiger partial charge in [0.25, 0.3) is 0 Å². The van der Waals surface area contributed by atoms with Crippen molar-refractivity contribution in [2.45, 2.75) is 13.0 Å². The highest BCUT2D eigenvalue weighted by Gasteiger charge is 2.10. The van der Waals surface area contributed by atoms with Crippen LogP contribution in [0.25, 0.3) is 11.0 Å². The minimum atomic E-state index is 0.604. The summed E-state index contributed by atoms with van der Waals surface area (Å²) in [7, 11) is 1.35. The molecule has 0 saturated carbocycles. The summed E-state index contributed by atoms with van der Waals surface area (Å²) in [5.41, 5.74) is 7.76. The van der Waals surface area contributed by atoms with Crippen LogP contribution in [0.3, 0.4) is 0 Å². The van der Waals surface area contributed by atoms with Crippen molar-refractivity contribution in [3.8, 4) is 0 Å². The number of hydrogen-bond donors (Lipinski definition) is 1. The third kappa shape index (κ3) is 3.38. The van der Waals surface area contributed by atoms with E-state index in [9.17, 15) is 0 Å². The molecule has 0 aliphatic heterocycles. The van der Waals surface area contributed by atoms with Crippen LogP contribution >= 0.6 is 46.3 Å². The number of aromatic nitrogens is 2. The second-order valence-electron chi connectivity index (χ2n) is 3.74. The minimum Gasteiger partial charge on any atom is -0.330 e. The van der Waals surface area contributed by atoms with Crippen LogP contribution in [0.1, 0.15) is 5.82 Å². The number of rotatable bonds is 6. The number of fused-ring (bicyclic) bond motifs is 1. The van der Waals surface area contributed by atoms with Gasteiger partial charge in [-0.25, -0.2) is 4.98 Å². The quantitative estimate of drug-likeness (QED) is 0.424. The Kier molecular flexibility index (Phi) is 5.74. The molecule has 1 aromatic carbocycles. The number of nitrogens with two attached hydrogens (primary N) is 1. The van der Waals surface area contributed by atoms with Gasteiger partial charge in [-0.3, -0.25) is 0 Å². The molecule has 0 radical (unpaired) electrons. The molecule has 0 spiro atoms. The summed E-state index contributed by atoms with van der Waals surface area (Å²) in [6.07, 6.45) is 0.781. The van der Waals surface area contributed by atoms with Gasteiger partial charge in [-0.15, -0.1) is 0 Å². The molecule has 0 atom stereocenters. The second-order valence-corrected chi connectivity index (χ2v) is 6.09. The summed E-state index contributed by atoms with van der Waals surface area (Å²) >= 11 is 5.61. The molecule has 0 fully saturated rings. The van der Waals surface area contributed by atoms with Gasteiger partial charge in [0.2, 0.25) is 0 Å². The van der Waals surface area contributed by atoms with Gasteiger partial charge >= 0.3 is 0 Å². The number of nitrogens with zero attached hydrogens (tertiary/aromatic N) is 2. The fourth-order valence-electron chi connectivity index (χ4n) is 1.88. The molecule has 2 aromatic rings. The largest absolute Gasteiger partial charge is 0.330 e. The molecule has 0 bridgehead atoms. The number of halogens is 2. The molecule has 2 N–H and O–H groups in total. The zero-order valence-electron chi connectivity index (χ0n) is 9.60. The van der Waals surface area contributed by atoms with Crippen molar-refractivity contribution in [3.05, 3.63) is 28.5 Å². The first kappa shape index (κ1) is 14.6. The lowest BCUT2D eigenvalue weighted by Gasteiger charge is -2.07.